The average Bonchev–Trinajstić information content (AvgIpc) is 2.73. The van der Waals surface area contributed by atoms with E-state index in [1.54, 1.807) is 0 Å². The van der Waals surface area contributed by atoms with Gasteiger partial charge in [0.25, 0.3) is 5.91 Å². The van der Waals surface area contributed by atoms with E-state index < -0.39 is 0 Å². The number of nitrogens with two attached hydrogens (primary N) is 1. The molecule has 0 aliphatic heterocycles. The molecule has 1 amide bonds. The molecule has 2 aromatic rings. The Bertz CT molecular complexity index is 618. The monoisotopic (exact) mass is 263 g/mol. The minimum Gasteiger partial charge on any atom is -0.365 e. The van der Waals surface area contributed by atoms with Gasteiger partial charge in [0.15, 0.2) is 0 Å². The van der Waals surface area contributed by atoms with Gasteiger partial charge in [-0.1, -0.05) is 23.7 Å². The summed E-state index contributed by atoms with van der Waals surface area (Å²) in [6.07, 6.45) is 1.85. The van der Waals surface area contributed by atoms with Crippen molar-refractivity contribution in [1.29, 1.82) is 0 Å². The maximum Gasteiger partial charge on any atom is 0.258 e. The van der Waals surface area contributed by atoms with E-state index in [0.717, 1.165) is 28.3 Å². The minimum atomic E-state index is -0.354. The van der Waals surface area contributed by atoms with Gasteiger partial charge >= 0.3 is 0 Å². The molecule has 2 N–H and O–H groups in total. The predicted molar refractivity (Wildman–Crippen MR) is 70.7 cm³/mol. The molecule has 1 aliphatic carbocycles. The van der Waals surface area contributed by atoms with Crippen LogP contribution in [0.2, 0.25) is 5.02 Å². The number of hydrogen-bond acceptors (Lipinski definition) is 2. The molecule has 0 radical (unpaired) electrons. The number of halogens is 1. The minimum absolute atomic E-state index is 0.354. The molecule has 1 aromatic heterocycles. The van der Waals surface area contributed by atoms with Gasteiger partial charge in [0.05, 0.1) is 4.88 Å². The van der Waals surface area contributed by atoms with Crippen molar-refractivity contribution in [3.05, 3.63) is 45.3 Å². The lowest BCUT2D eigenvalue weighted by Crippen LogP contribution is -2.08. The van der Waals surface area contributed by atoms with Crippen molar-refractivity contribution in [3.63, 3.8) is 0 Å². The number of primary amides is 1. The van der Waals surface area contributed by atoms with Crippen LogP contribution in [0.25, 0.3) is 10.4 Å². The van der Waals surface area contributed by atoms with Gasteiger partial charge < -0.3 is 5.73 Å². The summed E-state index contributed by atoms with van der Waals surface area (Å²) < 4.78 is 0. The van der Waals surface area contributed by atoms with Crippen molar-refractivity contribution < 1.29 is 4.79 Å². The molecule has 0 bridgehead atoms. The molecule has 86 valence electrons. The van der Waals surface area contributed by atoms with E-state index >= 15 is 0 Å². The molecule has 17 heavy (non-hydrogen) atoms. The van der Waals surface area contributed by atoms with E-state index in [1.165, 1.54) is 22.5 Å². The van der Waals surface area contributed by atoms with E-state index in [4.69, 9.17) is 17.3 Å². The van der Waals surface area contributed by atoms with E-state index in [0.29, 0.717) is 4.88 Å². The average molecular weight is 264 g/mol. The highest BCUT2D eigenvalue weighted by atomic mass is 35.5. The first kappa shape index (κ1) is 10.8. The van der Waals surface area contributed by atoms with Gasteiger partial charge in [0, 0.05) is 9.90 Å². The van der Waals surface area contributed by atoms with Crippen molar-refractivity contribution >= 4 is 28.8 Å². The van der Waals surface area contributed by atoms with Crippen molar-refractivity contribution in [2.45, 2.75) is 12.8 Å². The molecule has 0 fully saturated rings. The first-order chi connectivity index (χ1) is 8.16. The molecule has 1 aliphatic rings. The lowest BCUT2D eigenvalue weighted by atomic mass is 9.91. The van der Waals surface area contributed by atoms with Crippen LogP contribution in [0, 0.1) is 0 Å². The van der Waals surface area contributed by atoms with Crippen LogP contribution in [0.3, 0.4) is 0 Å². The highest BCUT2D eigenvalue weighted by Gasteiger charge is 2.21. The van der Waals surface area contributed by atoms with Gasteiger partial charge in [-0.15, -0.1) is 11.3 Å². The molecule has 1 aromatic carbocycles. The lowest BCUT2D eigenvalue weighted by Gasteiger charge is -2.16. The maximum absolute atomic E-state index is 11.2. The molecule has 3 rings (SSSR count). The summed E-state index contributed by atoms with van der Waals surface area (Å²) in [5.41, 5.74) is 8.86. The summed E-state index contributed by atoms with van der Waals surface area (Å²) in [5, 5.41) is 0.808. The number of thiophene rings is 1. The lowest BCUT2D eigenvalue weighted by molar-refractivity contribution is 0.100. The number of carbonyl (C=O) groups is 1. The highest BCUT2D eigenvalue weighted by Crippen LogP contribution is 2.41. The van der Waals surface area contributed by atoms with Crippen LogP contribution in [0.15, 0.2) is 24.3 Å². The Morgan fingerprint density at radius 2 is 2.18 bits per heavy atom. The highest BCUT2D eigenvalue weighted by molar-refractivity contribution is 7.17. The maximum atomic E-state index is 11.2. The third-order valence-corrected chi connectivity index (χ3v) is 4.64. The van der Waals surface area contributed by atoms with Crippen LogP contribution in [-0.4, -0.2) is 5.91 Å². The Morgan fingerprint density at radius 3 is 2.94 bits per heavy atom. The van der Waals surface area contributed by atoms with Gasteiger partial charge in [0.1, 0.15) is 0 Å². The summed E-state index contributed by atoms with van der Waals surface area (Å²) in [7, 11) is 0. The SMILES string of the molecule is NC(=O)c1cc2c(s1)-c1cccc(Cl)c1CC2. The zero-order valence-corrected chi connectivity index (χ0v) is 10.6. The van der Waals surface area contributed by atoms with Crippen LogP contribution in [-0.2, 0) is 12.8 Å². The quantitative estimate of drug-likeness (QED) is 0.843. The largest absolute Gasteiger partial charge is 0.365 e. The van der Waals surface area contributed by atoms with E-state index in [9.17, 15) is 4.79 Å². The molecule has 1 heterocycles. The number of amides is 1. The second-order valence-electron chi connectivity index (χ2n) is 4.10. The smallest absolute Gasteiger partial charge is 0.258 e. The second-order valence-corrected chi connectivity index (χ2v) is 5.55. The summed E-state index contributed by atoms with van der Waals surface area (Å²) in [4.78, 5) is 13.0. The van der Waals surface area contributed by atoms with Gasteiger partial charge in [-0.05, 0) is 41.7 Å². The normalized spacial score (nSPS) is 13.0. The van der Waals surface area contributed by atoms with E-state index in [-0.39, 0.29) is 5.91 Å². The molecule has 2 nitrogen and oxygen atoms in total. The van der Waals surface area contributed by atoms with Gasteiger partial charge in [-0.2, -0.15) is 0 Å². The number of benzene rings is 1. The Labute approximate surface area is 108 Å². The van der Waals surface area contributed by atoms with Crippen molar-refractivity contribution in [3.8, 4) is 10.4 Å². The Morgan fingerprint density at radius 1 is 1.35 bits per heavy atom. The molecule has 4 heteroatoms. The molecule has 0 unspecified atom stereocenters. The third-order valence-electron chi connectivity index (χ3n) is 3.06. The third kappa shape index (κ3) is 1.66. The zero-order valence-electron chi connectivity index (χ0n) is 9.00. The van der Waals surface area contributed by atoms with Crippen molar-refractivity contribution in [1.82, 2.24) is 0 Å². The van der Waals surface area contributed by atoms with Crippen LogP contribution in [0.5, 0.6) is 0 Å². The van der Waals surface area contributed by atoms with Crippen LogP contribution < -0.4 is 5.73 Å². The Hall–Kier alpha value is -1.32. The fourth-order valence-electron chi connectivity index (χ4n) is 2.25. The molecule has 0 saturated heterocycles. The molecule has 0 saturated carbocycles. The molecular weight excluding hydrogens is 254 g/mol. The predicted octanol–water partition coefficient (Wildman–Crippen LogP) is 3.27. The first-order valence-electron chi connectivity index (χ1n) is 5.37. The van der Waals surface area contributed by atoms with E-state index in [2.05, 4.69) is 6.07 Å². The first-order valence-corrected chi connectivity index (χ1v) is 6.56. The van der Waals surface area contributed by atoms with Crippen molar-refractivity contribution in [2.24, 2.45) is 5.73 Å². The molecule has 0 atom stereocenters. The van der Waals surface area contributed by atoms with Gasteiger partial charge in [-0.3, -0.25) is 4.79 Å². The summed E-state index contributed by atoms with van der Waals surface area (Å²) in [5.74, 6) is -0.354. The van der Waals surface area contributed by atoms with Gasteiger partial charge in [0.2, 0.25) is 0 Å². The van der Waals surface area contributed by atoms with E-state index in [1.807, 2.05) is 18.2 Å². The zero-order chi connectivity index (χ0) is 12.0. The number of hydrogen-bond donors (Lipinski definition) is 1. The Balaban J connectivity index is 2.22. The van der Waals surface area contributed by atoms with Crippen LogP contribution in [0.1, 0.15) is 20.8 Å². The topological polar surface area (TPSA) is 43.1 Å². The molecular formula is C13H10ClNOS. The summed E-state index contributed by atoms with van der Waals surface area (Å²) in [6, 6.07) is 7.82. The number of rotatable bonds is 1. The van der Waals surface area contributed by atoms with Gasteiger partial charge in [-0.25, -0.2) is 0 Å². The van der Waals surface area contributed by atoms with Crippen molar-refractivity contribution in [2.75, 3.05) is 0 Å². The number of carbonyl (C=O) groups excluding carboxylic acids is 1. The fraction of sp³-hybridized carbons (Fsp3) is 0.154. The standard InChI is InChI=1S/C13H10ClNOS/c14-10-3-1-2-9-8(10)5-4-7-6-11(13(15)16)17-12(7)9/h1-3,6H,4-5H2,(H2,15,16). The number of fused-ring (bicyclic) bond motifs is 3. The second kappa shape index (κ2) is 3.86. The molecule has 0 spiro atoms. The Kier molecular flexibility index (Phi) is 2.45. The number of aryl methyl sites for hydroxylation is 1. The fourth-order valence-corrected chi connectivity index (χ4v) is 3.63. The van der Waals surface area contributed by atoms with Crippen LogP contribution in [0.4, 0.5) is 0 Å². The summed E-state index contributed by atoms with van der Waals surface area (Å²) >= 11 is 7.65. The summed E-state index contributed by atoms with van der Waals surface area (Å²) in [6.45, 7) is 0. The van der Waals surface area contributed by atoms with Crippen LogP contribution >= 0.6 is 22.9 Å².